The second-order valence-corrected chi connectivity index (χ2v) is 5.77. The number of carboxylic acids is 1. The number of fused-ring (bicyclic) bond motifs is 2. The maximum atomic E-state index is 11.3. The molecule has 2 atom stereocenters. The van der Waals surface area contributed by atoms with Crippen LogP contribution >= 0.6 is 0 Å². The molecule has 1 aromatic carbocycles. The SMILES string of the molecule is CN1CC(C(=O)O)C=C2c3cccc4[nH]cc(c34)C[C@H]21. The lowest BCUT2D eigenvalue weighted by atomic mass is 9.80. The average Bonchev–Trinajstić information content (AvgIpc) is 2.84. The summed E-state index contributed by atoms with van der Waals surface area (Å²) >= 11 is 0. The minimum absolute atomic E-state index is 0.291. The van der Waals surface area contributed by atoms with Crippen LogP contribution in [0.5, 0.6) is 0 Å². The van der Waals surface area contributed by atoms with Crippen LogP contribution in [0.2, 0.25) is 0 Å². The Labute approximate surface area is 116 Å². The average molecular weight is 268 g/mol. The number of carboxylic acid groups (broad SMARTS) is 1. The zero-order valence-electron chi connectivity index (χ0n) is 11.3. The van der Waals surface area contributed by atoms with Crippen LogP contribution in [-0.2, 0) is 11.2 Å². The third kappa shape index (κ3) is 1.48. The highest BCUT2D eigenvalue weighted by Gasteiger charge is 2.35. The van der Waals surface area contributed by atoms with E-state index < -0.39 is 11.9 Å². The Hall–Kier alpha value is -2.07. The number of nitrogens with zero attached hydrogens (tertiary/aromatic N) is 1. The van der Waals surface area contributed by atoms with Crippen molar-refractivity contribution in [3.63, 3.8) is 0 Å². The fourth-order valence-electron chi connectivity index (χ4n) is 3.61. The number of hydrogen-bond donors (Lipinski definition) is 2. The van der Waals surface area contributed by atoms with Crippen LogP contribution in [0.3, 0.4) is 0 Å². The summed E-state index contributed by atoms with van der Waals surface area (Å²) < 4.78 is 0. The first-order chi connectivity index (χ1) is 9.65. The maximum Gasteiger partial charge on any atom is 0.311 e. The van der Waals surface area contributed by atoms with Crippen molar-refractivity contribution < 1.29 is 9.90 Å². The molecule has 4 nitrogen and oxygen atoms in total. The van der Waals surface area contributed by atoms with E-state index in [1.165, 1.54) is 22.1 Å². The molecule has 1 aliphatic carbocycles. The van der Waals surface area contributed by atoms with Gasteiger partial charge in [0.1, 0.15) is 0 Å². The van der Waals surface area contributed by atoms with E-state index in [2.05, 4.69) is 28.2 Å². The van der Waals surface area contributed by atoms with Gasteiger partial charge in [0.25, 0.3) is 0 Å². The van der Waals surface area contributed by atoms with Gasteiger partial charge in [-0.05, 0) is 36.2 Å². The van der Waals surface area contributed by atoms with E-state index in [1.54, 1.807) is 0 Å². The van der Waals surface area contributed by atoms with E-state index in [9.17, 15) is 9.90 Å². The summed E-state index contributed by atoms with van der Waals surface area (Å²) in [6.07, 6.45) is 4.99. The van der Waals surface area contributed by atoms with Crippen molar-refractivity contribution in [1.29, 1.82) is 0 Å². The van der Waals surface area contributed by atoms with Gasteiger partial charge in [-0.25, -0.2) is 0 Å². The number of aliphatic carboxylic acids is 1. The van der Waals surface area contributed by atoms with Gasteiger partial charge in [-0.1, -0.05) is 18.2 Å². The molecule has 0 bridgehead atoms. The Morgan fingerprint density at radius 2 is 2.30 bits per heavy atom. The van der Waals surface area contributed by atoms with Crippen LogP contribution in [0, 0.1) is 5.92 Å². The predicted octanol–water partition coefficient (Wildman–Crippen LogP) is 2.12. The van der Waals surface area contributed by atoms with Crippen molar-refractivity contribution in [3.8, 4) is 0 Å². The van der Waals surface area contributed by atoms with E-state index in [1.807, 2.05) is 19.2 Å². The molecule has 0 saturated heterocycles. The number of nitrogens with one attached hydrogen (secondary N) is 1. The molecule has 2 aromatic rings. The van der Waals surface area contributed by atoms with E-state index >= 15 is 0 Å². The second kappa shape index (κ2) is 3.96. The van der Waals surface area contributed by atoms with Crippen LogP contribution < -0.4 is 0 Å². The van der Waals surface area contributed by atoms with Gasteiger partial charge in [0.15, 0.2) is 0 Å². The van der Waals surface area contributed by atoms with Crippen LogP contribution in [-0.4, -0.2) is 40.6 Å². The lowest BCUT2D eigenvalue weighted by Gasteiger charge is -2.38. The number of aromatic amines is 1. The first kappa shape index (κ1) is 11.7. The van der Waals surface area contributed by atoms with E-state index in [4.69, 9.17) is 0 Å². The molecule has 1 unspecified atom stereocenters. The molecule has 0 amide bonds. The van der Waals surface area contributed by atoms with Gasteiger partial charge >= 0.3 is 5.97 Å². The highest BCUT2D eigenvalue weighted by molar-refractivity contribution is 5.99. The third-order valence-corrected chi connectivity index (χ3v) is 4.59. The quantitative estimate of drug-likeness (QED) is 0.833. The summed E-state index contributed by atoms with van der Waals surface area (Å²) in [5.41, 5.74) is 4.83. The van der Waals surface area contributed by atoms with Crippen molar-refractivity contribution in [2.45, 2.75) is 12.5 Å². The second-order valence-electron chi connectivity index (χ2n) is 5.77. The number of likely N-dealkylation sites (N-methyl/N-ethyl adjacent to an activating group) is 1. The maximum absolute atomic E-state index is 11.3. The van der Waals surface area contributed by atoms with Crippen molar-refractivity contribution in [2.24, 2.45) is 5.92 Å². The van der Waals surface area contributed by atoms with E-state index in [0.29, 0.717) is 12.6 Å². The van der Waals surface area contributed by atoms with Crippen LogP contribution in [0.15, 0.2) is 30.5 Å². The van der Waals surface area contributed by atoms with Gasteiger partial charge in [-0.3, -0.25) is 9.69 Å². The topological polar surface area (TPSA) is 56.3 Å². The number of aromatic nitrogens is 1. The Morgan fingerprint density at radius 1 is 1.45 bits per heavy atom. The lowest BCUT2D eigenvalue weighted by Crippen LogP contribution is -2.44. The molecule has 1 aliphatic heterocycles. The Morgan fingerprint density at radius 3 is 3.10 bits per heavy atom. The molecule has 1 aromatic heterocycles. The largest absolute Gasteiger partial charge is 0.481 e. The molecule has 102 valence electrons. The number of carbonyl (C=O) groups is 1. The van der Waals surface area contributed by atoms with E-state index in [-0.39, 0.29) is 0 Å². The zero-order valence-corrected chi connectivity index (χ0v) is 11.3. The van der Waals surface area contributed by atoms with Crippen molar-refractivity contribution in [3.05, 3.63) is 41.6 Å². The summed E-state index contributed by atoms with van der Waals surface area (Å²) in [7, 11) is 2.02. The molecule has 2 heterocycles. The summed E-state index contributed by atoms with van der Waals surface area (Å²) in [5, 5.41) is 10.6. The fourth-order valence-corrected chi connectivity index (χ4v) is 3.61. The first-order valence-electron chi connectivity index (χ1n) is 6.89. The fraction of sp³-hybridized carbons (Fsp3) is 0.312. The molecule has 4 rings (SSSR count). The van der Waals surface area contributed by atoms with Gasteiger partial charge in [0.05, 0.1) is 5.92 Å². The standard InChI is InChI=1S/C16H16N2O2/c1-18-8-10(16(19)20)5-12-11-3-2-4-13-15(11)9(7-17-13)6-14(12)18/h2-5,7,10,14,17H,6,8H2,1H3,(H,19,20)/t10?,14-/m1/s1. The van der Waals surface area contributed by atoms with Gasteiger partial charge in [0, 0.05) is 29.7 Å². The summed E-state index contributed by atoms with van der Waals surface area (Å²) in [5.74, 6) is -1.16. The molecule has 20 heavy (non-hydrogen) atoms. The van der Waals surface area contributed by atoms with Crippen molar-refractivity contribution in [1.82, 2.24) is 9.88 Å². The lowest BCUT2D eigenvalue weighted by molar-refractivity contribution is -0.140. The van der Waals surface area contributed by atoms with Gasteiger partial charge in [-0.2, -0.15) is 0 Å². The summed E-state index contributed by atoms with van der Waals surface area (Å²) in [4.78, 5) is 16.8. The molecular formula is C16H16N2O2. The number of H-pyrrole nitrogens is 1. The normalized spacial score (nSPS) is 25.4. The Kier molecular flexibility index (Phi) is 2.32. The molecule has 2 aliphatic rings. The smallest absolute Gasteiger partial charge is 0.311 e. The van der Waals surface area contributed by atoms with Crippen LogP contribution in [0.4, 0.5) is 0 Å². The van der Waals surface area contributed by atoms with Crippen LogP contribution in [0.1, 0.15) is 11.1 Å². The Balaban J connectivity index is 1.96. The highest BCUT2D eigenvalue weighted by atomic mass is 16.4. The number of rotatable bonds is 1. The monoisotopic (exact) mass is 268 g/mol. The minimum Gasteiger partial charge on any atom is -0.481 e. The van der Waals surface area contributed by atoms with Gasteiger partial charge in [0.2, 0.25) is 0 Å². The molecule has 0 fully saturated rings. The van der Waals surface area contributed by atoms with E-state index in [0.717, 1.165) is 11.9 Å². The highest BCUT2D eigenvalue weighted by Crippen LogP contribution is 2.40. The van der Waals surface area contributed by atoms with Gasteiger partial charge < -0.3 is 10.1 Å². The van der Waals surface area contributed by atoms with Gasteiger partial charge in [-0.15, -0.1) is 0 Å². The minimum atomic E-state index is -0.741. The molecule has 2 N–H and O–H groups in total. The molecule has 0 spiro atoms. The molecule has 0 radical (unpaired) electrons. The molecule has 0 saturated carbocycles. The number of benzene rings is 1. The van der Waals surface area contributed by atoms with Crippen LogP contribution in [0.25, 0.3) is 16.5 Å². The third-order valence-electron chi connectivity index (χ3n) is 4.59. The number of hydrogen-bond acceptors (Lipinski definition) is 2. The summed E-state index contributed by atoms with van der Waals surface area (Å²) in [6.45, 7) is 0.583. The molecule has 4 heteroatoms. The summed E-state index contributed by atoms with van der Waals surface area (Å²) in [6, 6.07) is 6.51. The predicted molar refractivity (Wildman–Crippen MR) is 77.5 cm³/mol. The first-order valence-corrected chi connectivity index (χ1v) is 6.89. The molecular weight excluding hydrogens is 252 g/mol. The Bertz CT molecular complexity index is 744. The van der Waals surface area contributed by atoms with Crippen molar-refractivity contribution in [2.75, 3.05) is 13.6 Å². The van der Waals surface area contributed by atoms with Crippen molar-refractivity contribution >= 4 is 22.4 Å². The zero-order chi connectivity index (χ0) is 13.9.